The Morgan fingerprint density at radius 2 is 1.68 bits per heavy atom. The van der Waals surface area contributed by atoms with Crippen molar-refractivity contribution in [1.29, 1.82) is 0 Å². The fourth-order valence-electron chi connectivity index (χ4n) is 4.54. The minimum Gasteiger partial charge on any atom is -0.480 e. The second kappa shape index (κ2) is 8.59. The molecule has 0 aliphatic carbocycles. The van der Waals surface area contributed by atoms with Crippen molar-refractivity contribution in [2.24, 2.45) is 0 Å². The zero-order valence-corrected chi connectivity index (χ0v) is 18.5. The van der Waals surface area contributed by atoms with Gasteiger partial charge in [-0.3, -0.25) is 9.59 Å². The van der Waals surface area contributed by atoms with Gasteiger partial charge in [-0.25, -0.2) is 9.07 Å². The molecule has 3 aromatic carbocycles. The first-order valence-corrected chi connectivity index (χ1v) is 11.0. The maximum Gasteiger partial charge on any atom is 0.323 e. The van der Waals surface area contributed by atoms with Crippen LogP contribution in [0.15, 0.2) is 77.6 Å². The summed E-state index contributed by atoms with van der Waals surface area (Å²) in [6.45, 7) is 1.91. The lowest BCUT2D eigenvalue weighted by atomic mass is 10.0. The quantitative estimate of drug-likeness (QED) is 0.399. The van der Waals surface area contributed by atoms with E-state index < -0.39 is 11.8 Å². The van der Waals surface area contributed by atoms with E-state index in [-0.39, 0.29) is 12.1 Å². The Labute approximate surface area is 194 Å². The highest BCUT2D eigenvalue weighted by atomic mass is 19.1. The molecule has 7 heteroatoms. The highest BCUT2D eigenvalue weighted by Gasteiger charge is 2.22. The van der Waals surface area contributed by atoms with Crippen LogP contribution in [0.4, 0.5) is 4.39 Å². The van der Waals surface area contributed by atoms with Crippen molar-refractivity contribution in [1.82, 2.24) is 14.3 Å². The molecule has 0 aliphatic heterocycles. The number of aliphatic carboxylic acids is 1. The van der Waals surface area contributed by atoms with Crippen molar-refractivity contribution < 1.29 is 14.3 Å². The van der Waals surface area contributed by atoms with E-state index in [4.69, 9.17) is 5.10 Å². The molecule has 5 rings (SSSR count). The predicted molar refractivity (Wildman–Crippen MR) is 129 cm³/mol. The van der Waals surface area contributed by atoms with Gasteiger partial charge in [0, 0.05) is 34.1 Å². The normalized spacial score (nSPS) is 11.4. The van der Waals surface area contributed by atoms with Crippen LogP contribution in [0.3, 0.4) is 0 Å². The third kappa shape index (κ3) is 3.75. The van der Waals surface area contributed by atoms with E-state index in [1.54, 1.807) is 29.7 Å². The van der Waals surface area contributed by atoms with Gasteiger partial charge in [-0.15, -0.1) is 0 Å². The van der Waals surface area contributed by atoms with Crippen LogP contribution in [0, 0.1) is 12.7 Å². The highest BCUT2D eigenvalue weighted by molar-refractivity contribution is 6.05. The van der Waals surface area contributed by atoms with Gasteiger partial charge in [-0.1, -0.05) is 48.5 Å². The minimum absolute atomic E-state index is 0.201. The van der Waals surface area contributed by atoms with Gasteiger partial charge in [0.25, 0.3) is 5.56 Å². The third-order valence-corrected chi connectivity index (χ3v) is 6.14. The Morgan fingerprint density at radius 1 is 0.971 bits per heavy atom. The Balaban J connectivity index is 1.76. The number of rotatable bonds is 6. The van der Waals surface area contributed by atoms with Gasteiger partial charge in [-0.05, 0) is 43.2 Å². The molecule has 5 aromatic rings. The molecule has 34 heavy (non-hydrogen) atoms. The number of halogens is 1. The van der Waals surface area contributed by atoms with Crippen molar-refractivity contribution in [3.05, 3.63) is 100 Å². The van der Waals surface area contributed by atoms with Crippen LogP contribution in [0.25, 0.3) is 32.9 Å². The molecular formula is C27H22FN3O3. The largest absolute Gasteiger partial charge is 0.480 e. The minimum atomic E-state index is -0.999. The number of aryl methyl sites for hydroxylation is 2. The van der Waals surface area contributed by atoms with Crippen molar-refractivity contribution in [2.45, 2.75) is 26.4 Å². The first-order chi connectivity index (χ1) is 16.4. The summed E-state index contributed by atoms with van der Waals surface area (Å²) in [5.41, 5.74) is 3.29. The topological polar surface area (TPSA) is 77.1 Å². The fourth-order valence-corrected chi connectivity index (χ4v) is 4.54. The number of aromatic nitrogens is 3. The number of carboxylic acid groups (broad SMARTS) is 1. The van der Waals surface area contributed by atoms with Crippen LogP contribution < -0.4 is 5.56 Å². The lowest BCUT2D eigenvalue weighted by molar-refractivity contribution is -0.137. The van der Waals surface area contributed by atoms with Crippen molar-refractivity contribution in [3.63, 3.8) is 0 Å². The van der Waals surface area contributed by atoms with E-state index in [0.717, 1.165) is 5.56 Å². The molecule has 0 saturated carbocycles. The maximum atomic E-state index is 14.3. The molecule has 0 fully saturated rings. The number of benzene rings is 3. The molecule has 0 saturated heterocycles. The molecule has 2 aromatic heterocycles. The average molecular weight is 455 g/mol. The zero-order valence-electron chi connectivity index (χ0n) is 18.5. The molecule has 0 unspecified atom stereocenters. The van der Waals surface area contributed by atoms with E-state index in [0.29, 0.717) is 51.6 Å². The standard InChI is InChI=1S/C27H22FN3O3/c1-17-25(22-15-19(28)11-12-23(22)30(17)16-24(32)33)26-20-9-5-6-10-21(20)27(34)31(29-26)14-13-18-7-3-2-4-8-18/h2-12,15H,13-14,16H2,1H3,(H,32,33). The van der Waals surface area contributed by atoms with Crippen molar-refractivity contribution >= 4 is 27.6 Å². The van der Waals surface area contributed by atoms with Crippen LogP contribution in [0.1, 0.15) is 11.3 Å². The average Bonchev–Trinajstić information content (AvgIpc) is 3.09. The van der Waals surface area contributed by atoms with E-state index in [9.17, 15) is 19.1 Å². The van der Waals surface area contributed by atoms with Crippen LogP contribution in [0.5, 0.6) is 0 Å². The number of hydrogen-bond acceptors (Lipinski definition) is 3. The Bertz CT molecular complexity index is 1600. The lowest BCUT2D eigenvalue weighted by Gasteiger charge is -2.12. The van der Waals surface area contributed by atoms with Crippen LogP contribution >= 0.6 is 0 Å². The SMILES string of the molecule is Cc1c(-c2nn(CCc3ccccc3)c(=O)c3ccccc23)c2cc(F)ccc2n1CC(=O)O. The van der Waals surface area contributed by atoms with Gasteiger partial charge in [0.2, 0.25) is 0 Å². The smallest absolute Gasteiger partial charge is 0.323 e. The summed E-state index contributed by atoms with van der Waals surface area (Å²) in [6.07, 6.45) is 0.625. The molecule has 0 atom stereocenters. The lowest BCUT2D eigenvalue weighted by Crippen LogP contribution is -2.25. The van der Waals surface area contributed by atoms with Gasteiger partial charge in [0.1, 0.15) is 18.1 Å². The Kier molecular flexibility index (Phi) is 5.45. The fraction of sp³-hybridized carbons (Fsp3) is 0.148. The number of carbonyl (C=O) groups is 1. The maximum absolute atomic E-state index is 14.3. The second-order valence-corrected chi connectivity index (χ2v) is 8.26. The molecule has 0 amide bonds. The molecular weight excluding hydrogens is 433 g/mol. The van der Waals surface area contributed by atoms with Gasteiger partial charge in [-0.2, -0.15) is 5.10 Å². The van der Waals surface area contributed by atoms with Gasteiger partial charge < -0.3 is 9.67 Å². The highest BCUT2D eigenvalue weighted by Crippen LogP contribution is 2.36. The third-order valence-electron chi connectivity index (χ3n) is 6.14. The summed E-state index contributed by atoms with van der Waals surface area (Å²) >= 11 is 0. The summed E-state index contributed by atoms with van der Waals surface area (Å²) in [7, 11) is 0. The molecule has 0 radical (unpaired) electrons. The molecule has 0 bridgehead atoms. The number of fused-ring (bicyclic) bond motifs is 2. The Hall–Kier alpha value is -4.26. The molecule has 0 aliphatic rings. The van der Waals surface area contributed by atoms with E-state index >= 15 is 0 Å². The number of nitrogens with zero attached hydrogens (tertiary/aromatic N) is 3. The molecule has 0 spiro atoms. The molecule has 170 valence electrons. The summed E-state index contributed by atoms with van der Waals surface area (Å²) in [4.78, 5) is 24.8. The summed E-state index contributed by atoms with van der Waals surface area (Å²) < 4.78 is 17.4. The van der Waals surface area contributed by atoms with E-state index in [1.807, 2.05) is 42.5 Å². The van der Waals surface area contributed by atoms with Crippen LogP contribution in [-0.2, 0) is 24.3 Å². The monoisotopic (exact) mass is 455 g/mol. The van der Waals surface area contributed by atoms with Crippen LogP contribution in [-0.4, -0.2) is 25.4 Å². The van der Waals surface area contributed by atoms with Gasteiger partial charge in [0.05, 0.1) is 5.39 Å². The van der Waals surface area contributed by atoms with Crippen molar-refractivity contribution in [2.75, 3.05) is 0 Å². The zero-order chi connectivity index (χ0) is 23.8. The predicted octanol–water partition coefficient (Wildman–Crippen LogP) is 4.79. The summed E-state index contributed by atoms with van der Waals surface area (Å²) in [6, 6.07) is 21.3. The van der Waals surface area contributed by atoms with Gasteiger partial charge >= 0.3 is 5.97 Å². The Morgan fingerprint density at radius 3 is 2.41 bits per heavy atom. The summed E-state index contributed by atoms with van der Waals surface area (Å²) in [5, 5.41) is 15.9. The second-order valence-electron chi connectivity index (χ2n) is 8.26. The number of carboxylic acids is 1. The molecule has 1 N–H and O–H groups in total. The van der Waals surface area contributed by atoms with Gasteiger partial charge in [0.15, 0.2) is 0 Å². The van der Waals surface area contributed by atoms with Crippen LogP contribution in [0.2, 0.25) is 0 Å². The number of hydrogen-bond donors (Lipinski definition) is 1. The first kappa shape index (κ1) is 21.6. The van der Waals surface area contributed by atoms with E-state index in [1.165, 1.54) is 16.8 Å². The molecule has 2 heterocycles. The van der Waals surface area contributed by atoms with E-state index in [2.05, 4.69) is 0 Å². The first-order valence-electron chi connectivity index (χ1n) is 11.0. The van der Waals surface area contributed by atoms with Crippen molar-refractivity contribution in [3.8, 4) is 11.3 Å². The molecule has 6 nitrogen and oxygen atoms in total. The summed E-state index contributed by atoms with van der Waals surface area (Å²) in [5.74, 6) is -1.43.